The van der Waals surface area contributed by atoms with Crippen LogP contribution in [0.3, 0.4) is 0 Å². The number of aromatic amines is 1. The van der Waals surface area contributed by atoms with Gasteiger partial charge in [0.15, 0.2) is 6.23 Å². The van der Waals surface area contributed by atoms with Crippen LogP contribution in [0.5, 0.6) is 17.2 Å². The third-order valence-corrected chi connectivity index (χ3v) is 7.40. The molecule has 1 saturated heterocycles. The van der Waals surface area contributed by atoms with Gasteiger partial charge in [0.1, 0.15) is 35.4 Å². The van der Waals surface area contributed by atoms with Gasteiger partial charge in [0.2, 0.25) is 5.75 Å². The van der Waals surface area contributed by atoms with Crippen molar-refractivity contribution >= 4 is 0 Å². The highest BCUT2D eigenvalue weighted by atomic mass is 16.6. The van der Waals surface area contributed by atoms with E-state index in [4.69, 9.17) is 23.7 Å². The average molecular weight is 577 g/mol. The van der Waals surface area contributed by atoms with E-state index in [-0.39, 0.29) is 12.4 Å². The van der Waals surface area contributed by atoms with Gasteiger partial charge in [-0.05, 0) is 41.0 Å². The Bertz CT molecular complexity index is 1550. The first kappa shape index (κ1) is 29.1. The number of methoxy groups -OCH3 is 3. The van der Waals surface area contributed by atoms with E-state index in [1.807, 2.05) is 78.9 Å². The Morgan fingerprint density at radius 3 is 1.86 bits per heavy atom. The van der Waals surface area contributed by atoms with E-state index in [0.29, 0.717) is 11.5 Å². The first-order valence-corrected chi connectivity index (χ1v) is 13.2. The predicted molar refractivity (Wildman–Crippen MR) is 152 cm³/mol. The molecule has 11 nitrogen and oxygen atoms in total. The molecule has 3 aromatic carbocycles. The Hall–Kier alpha value is -4.42. The number of aromatic nitrogens is 2. The van der Waals surface area contributed by atoms with Gasteiger partial charge >= 0.3 is 5.69 Å². The molecule has 0 amide bonds. The topological polar surface area (TPSA) is 141 Å². The van der Waals surface area contributed by atoms with Crippen LogP contribution in [0.4, 0.5) is 0 Å². The van der Waals surface area contributed by atoms with Crippen molar-refractivity contribution in [3.05, 3.63) is 123 Å². The molecule has 2 heterocycles. The Balaban J connectivity index is 1.55. The molecular weight excluding hydrogens is 544 g/mol. The maximum atomic E-state index is 12.6. The van der Waals surface area contributed by atoms with Crippen LogP contribution in [0.2, 0.25) is 0 Å². The summed E-state index contributed by atoms with van der Waals surface area (Å²) in [4.78, 5) is 26.6. The predicted octanol–water partition coefficient (Wildman–Crippen LogP) is 2.19. The molecule has 42 heavy (non-hydrogen) atoms. The lowest BCUT2D eigenvalue weighted by atomic mass is 9.80. The highest BCUT2D eigenvalue weighted by Gasteiger charge is 2.47. The number of H-pyrrole nitrogens is 1. The van der Waals surface area contributed by atoms with Crippen molar-refractivity contribution in [2.75, 3.05) is 27.9 Å². The van der Waals surface area contributed by atoms with E-state index in [1.165, 1.54) is 7.11 Å². The van der Waals surface area contributed by atoms with E-state index in [2.05, 4.69) is 4.98 Å². The number of nitrogens with one attached hydrogen (secondary N) is 1. The van der Waals surface area contributed by atoms with Crippen molar-refractivity contribution in [2.45, 2.75) is 30.1 Å². The molecule has 0 saturated carbocycles. The molecule has 11 heteroatoms. The number of aliphatic hydroxyl groups excluding tert-OH is 2. The zero-order valence-electron chi connectivity index (χ0n) is 23.3. The number of rotatable bonds is 10. The van der Waals surface area contributed by atoms with Gasteiger partial charge in [-0.2, -0.15) is 0 Å². The number of benzene rings is 3. The minimum atomic E-state index is -1.50. The molecule has 1 aliphatic heterocycles. The van der Waals surface area contributed by atoms with Gasteiger partial charge in [0.25, 0.3) is 5.56 Å². The summed E-state index contributed by atoms with van der Waals surface area (Å²) in [6, 6.07) is 24.5. The molecule has 1 aromatic heterocycles. The molecule has 1 fully saturated rings. The molecule has 0 unspecified atom stereocenters. The van der Waals surface area contributed by atoms with Gasteiger partial charge in [0, 0.05) is 0 Å². The van der Waals surface area contributed by atoms with Crippen molar-refractivity contribution in [1.82, 2.24) is 9.55 Å². The molecule has 4 atom stereocenters. The lowest BCUT2D eigenvalue weighted by molar-refractivity contribution is -0.0959. The minimum absolute atomic E-state index is 0.151. The normalized spacial score (nSPS) is 20.3. The third kappa shape index (κ3) is 5.30. The van der Waals surface area contributed by atoms with Gasteiger partial charge in [-0.25, -0.2) is 4.79 Å². The smallest absolute Gasteiger partial charge is 0.330 e. The summed E-state index contributed by atoms with van der Waals surface area (Å²) in [6.45, 7) is -0.184. The van der Waals surface area contributed by atoms with Gasteiger partial charge in [0.05, 0.1) is 34.1 Å². The van der Waals surface area contributed by atoms with Crippen LogP contribution < -0.4 is 25.5 Å². The van der Waals surface area contributed by atoms with Crippen LogP contribution in [0.1, 0.15) is 22.9 Å². The van der Waals surface area contributed by atoms with Crippen molar-refractivity contribution in [2.24, 2.45) is 0 Å². The summed E-state index contributed by atoms with van der Waals surface area (Å²) in [5.74, 6) is 1.18. The first-order chi connectivity index (χ1) is 20.3. The van der Waals surface area contributed by atoms with Gasteiger partial charge in [-0.1, -0.05) is 54.6 Å². The summed E-state index contributed by atoms with van der Waals surface area (Å²) >= 11 is 0. The standard InChI is InChI=1S/C31H32N2O9/c1-38-22-13-9-20(10-14-22)31(19-7-5-4-6-8-19,21-11-15-23(39-2)16-12-21)41-18-25-26(34)27(35)29(42-25)33-17-24(40-3)28(36)32-30(33)37/h4-17,25-27,29,34-35H,18H2,1-3H3,(H,32,36,37)/t25-,26-,27-,29-/m1/s1. The summed E-state index contributed by atoms with van der Waals surface area (Å²) in [5.41, 5.74) is -0.403. The third-order valence-electron chi connectivity index (χ3n) is 7.40. The lowest BCUT2D eigenvalue weighted by Gasteiger charge is -2.37. The number of ether oxygens (including phenoxy) is 5. The van der Waals surface area contributed by atoms with Gasteiger partial charge in [-0.15, -0.1) is 0 Å². The molecule has 0 radical (unpaired) electrons. The highest BCUT2D eigenvalue weighted by Crippen LogP contribution is 2.42. The molecule has 4 aromatic rings. The zero-order chi connectivity index (χ0) is 29.9. The minimum Gasteiger partial charge on any atom is -0.497 e. The summed E-state index contributed by atoms with van der Waals surface area (Å²) in [6.07, 6.45) is -4.14. The number of hydrogen-bond acceptors (Lipinski definition) is 9. The molecule has 1 aliphatic rings. The zero-order valence-corrected chi connectivity index (χ0v) is 23.3. The largest absolute Gasteiger partial charge is 0.497 e. The average Bonchev–Trinajstić information content (AvgIpc) is 3.31. The number of hydrogen-bond donors (Lipinski definition) is 3. The van der Waals surface area contributed by atoms with E-state index in [0.717, 1.165) is 27.5 Å². The number of aliphatic hydroxyl groups is 2. The molecule has 0 aliphatic carbocycles. The maximum Gasteiger partial charge on any atom is 0.330 e. The highest BCUT2D eigenvalue weighted by molar-refractivity contribution is 5.49. The Morgan fingerprint density at radius 1 is 0.786 bits per heavy atom. The second-order valence-corrected chi connectivity index (χ2v) is 9.73. The molecule has 220 valence electrons. The molecule has 5 rings (SSSR count). The number of nitrogens with zero attached hydrogens (tertiary/aromatic N) is 1. The van der Waals surface area contributed by atoms with Crippen LogP contribution in [0.15, 0.2) is 94.6 Å². The van der Waals surface area contributed by atoms with Crippen LogP contribution in [0.25, 0.3) is 0 Å². The first-order valence-electron chi connectivity index (χ1n) is 13.2. The molecule has 3 N–H and O–H groups in total. The van der Waals surface area contributed by atoms with Crippen molar-refractivity contribution in [1.29, 1.82) is 0 Å². The van der Waals surface area contributed by atoms with Crippen molar-refractivity contribution in [3.8, 4) is 17.2 Å². The fraction of sp³-hybridized carbons (Fsp3) is 0.290. The van der Waals surface area contributed by atoms with Gasteiger partial charge in [-0.3, -0.25) is 14.3 Å². The Morgan fingerprint density at radius 2 is 1.33 bits per heavy atom. The van der Waals surface area contributed by atoms with Crippen LogP contribution in [-0.2, 0) is 15.1 Å². The van der Waals surface area contributed by atoms with E-state index in [1.54, 1.807) is 14.2 Å². The van der Waals surface area contributed by atoms with Crippen LogP contribution >= 0.6 is 0 Å². The monoisotopic (exact) mass is 576 g/mol. The van der Waals surface area contributed by atoms with Crippen LogP contribution in [-0.4, -0.2) is 66.0 Å². The fourth-order valence-electron chi connectivity index (χ4n) is 5.18. The van der Waals surface area contributed by atoms with Crippen molar-refractivity contribution in [3.63, 3.8) is 0 Å². The fourth-order valence-corrected chi connectivity index (χ4v) is 5.18. The van der Waals surface area contributed by atoms with Crippen LogP contribution in [0, 0.1) is 0 Å². The Kier molecular flexibility index (Phi) is 8.46. The van der Waals surface area contributed by atoms with E-state index in [9.17, 15) is 19.8 Å². The second kappa shape index (κ2) is 12.2. The molecular formula is C31H32N2O9. The second-order valence-electron chi connectivity index (χ2n) is 9.73. The SMILES string of the molecule is COc1ccc(C(OC[C@H]2O[C@@H](n3cc(OC)c(=O)[nH]c3=O)[C@H](O)[C@@H]2O)(c2ccccc2)c2ccc(OC)cc2)cc1. The summed E-state index contributed by atoms with van der Waals surface area (Å²) < 4.78 is 29.5. The molecule has 0 bridgehead atoms. The molecule has 0 spiro atoms. The summed E-state index contributed by atoms with van der Waals surface area (Å²) in [7, 11) is 4.45. The van der Waals surface area contributed by atoms with Crippen molar-refractivity contribution < 1.29 is 33.9 Å². The Labute approximate surface area is 241 Å². The summed E-state index contributed by atoms with van der Waals surface area (Å²) in [5, 5.41) is 21.9. The maximum absolute atomic E-state index is 12.6. The van der Waals surface area contributed by atoms with E-state index < -0.39 is 41.4 Å². The quantitative estimate of drug-likeness (QED) is 0.242. The van der Waals surface area contributed by atoms with E-state index >= 15 is 0 Å². The van der Waals surface area contributed by atoms with Gasteiger partial charge < -0.3 is 33.9 Å². The lowest BCUT2D eigenvalue weighted by Crippen LogP contribution is -2.40.